The molecule has 1 saturated heterocycles. The van der Waals surface area contributed by atoms with Crippen LogP contribution < -0.4 is 11.3 Å². The summed E-state index contributed by atoms with van der Waals surface area (Å²) in [5.41, 5.74) is 4.86. The molecule has 3 atom stereocenters. The Morgan fingerprint density at radius 1 is 1.67 bits per heavy atom. The monoisotopic (exact) mass is 272 g/mol. The Labute approximate surface area is 113 Å². The predicted molar refractivity (Wildman–Crippen MR) is 71.3 cm³/mol. The van der Waals surface area contributed by atoms with E-state index in [0.717, 1.165) is 30.7 Å². The van der Waals surface area contributed by atoms with E-state index in [4.69, 9.17) is 22.2 Å². The van der Waals surface area contributed by atoms with Gasteiger partial charge in [0.05, 0.1) is 17.8 Å². The second-order valence-electron chi connectivity index (χ2n) is 5.06. The van der Waals surface area contributed by atoms with E-state index >= 15 is 0 Å². The van der Waals surface area contributed by atoms with E-state index < -0.39 is 0 Å². The van der Waals surface area contributed by atoms with E-state index in [1.165, 1.54) is 0 Å². The number of hydrogen-bond acceptors (Lipinski definition) is 4. The van der Waals surface area contributed by atoms with Gasteiger partial charge >= 0.3 is 0 Å². The number of nitrogens with two attached hydrogens (primary N) is 1. The van der Waals surface area contributed by atoms with Crippen LogP contribution in [0.2, 0.25) is 5.15 Å². The second-order valence-corrected chi connectivity index (χ2v) is 5.42. The van der Waals surface area contributed by atoms with Gasteiger partial charge in [-0.15, -0.1) is 0 Å². The standard InChI is InChI=1S/C12H21ClN4O/c1-7-4-5-18-11(7)10(15-14)6-9-8(2)16-17(3)12(9)13/h7,10-11,15H,4-6,14H2,1-3H3. The van der Waals surface area contributed by atoms with Gasteiger partial charge < -0.3 is 4.74 Å². The molecule has 0 amide bonds. The lowest BCUT2D eigenvalue weighted by Gasteiger charge is -2.25. The summed E-state index contributed by atoms with van der Waals surface area (Å²) in [4.78, 5) is 0. The molecule has 1 aliphatic rings. The molecule has 1 aromatic heterocycles. The highest BCUT2D eigenvalue weighted by Crippen LogP contribution is 2.27. The van der Waals surface area contributed by atoms with Crippen LogP contribution in [0.4, 0.5) is 0 Å². The minimum atomic E-state index is 0.0721. The molecule has 0 saturated carbocycles. The number of aryl methyl sites for hydroxylation is 2. The van der Waals surface area contributed by atoms with Crippen LogP contribution in [0, 0.1) is 12.8 Å². The van der Waals surface area contributed by atoms with Crippen LogP contribution in [-0.4, -0.2) is 28.5 Å². The third kappa shape index (κ3) is 2.54. The van der Waals surface area contributed by atoms with Crippen LogP contribution in [0.25, 0.3) is 0 Å². The van der Waals surface area contributed by atoms with Crippen molar-refractivity contribution in [2.45, 2.75) is 38.8 Å². The molecule has 1 fully saturated rings. The molecule has 2 rings (SSSR count). The molecule has 1 aromatic rings. The lowest BCUT2D eigenvalue weighted by Crippen LogP contribution is -2.47. The summed E-state index contributed by atoms with van der Waals surface area (Å²) in [6.07, 6.45) is 1.97. The van der Waals surface area contributed by atoms with Crippen molar-refractivity contribution >= 4 is 11.6 Å². The molecule has 0 spiro atoms. The third-order valence-corrected chi connectivity index (χ3v) is 4.22. The van der Waals surface area contributed by atoms with Gasteiger partial charge in [-0.05, 0) is 25.7 Å². The van der Waals surface area contributed by atoms with E-state index in [1.807, 2.05) is 14.0 Å². The number of rotatable bonds is 4. The van der Waals surface area contributed by atoms with Crippen molar-refractivity contribution < 1.29 is 4.74 Å². The van der Waals surface area contributed by atoms with Crippen molar-refractivity contribution in [1.82, 2.24) is 15.2 Å². The van der Waals surface area contributed by atoms with Crippen LogP contribution >= 0.6 is 11.6 Å². The van der Waals surface area contributed by atoms with E-state index in [2.05, 4.69) is 17.4 Å². The Bertz CT molecular complexity index is 420. The molecule has 18 heavy (non-hydrogen) atoms. The summed E-state index contributed by atoms with van der Waals surface area (Å²) < 4.78 is 7.46. The van der Waals surface area contributed by atoms with Crippen molar-refractivity contribution in [1.29, 1.82) is 0 Å². The molecule has 1 aliphatic heterocycles. The summed E-state index contributed by atoms with van der Waals surface area (Å²) in [5.74, 6) is 6.18. The lowest BCUT2D eigenvalue weighted by molar-refractivity contribution is 0.0610. The van der Waals surface area contributed by atoms with Crippen LogP contribution in [-0.2, 0) is 18.2 Å². The van der Waals surface area contributed by atoms with E-state index in [9.17, 15) is 0 Å². The summed E-state index contributed by atoms with van der Waals surface area (Å²) in [7, 11) is 1.85. The number of halogens is 1. The minimum Gasteiger partial charge on any atom is -0.376 e. The molecular formula is C12H21ClN4O. The number of hydrazine groups is 1. The number of nitrogens with zero attached hydrogens (tertiary/aromatic N) is 2. The largest absolute Gasteiger partial charge is 0.376 e. The van der Waals surface area contributed by atoms with Crippen molar-refractivity contribution in [3.8, 4) is 0 Å². The molecule has 3 N–H and O–H groups in total. The molecule has 2 heterocycles. The zero-order valence-electron chi connectivity index (χ0n) is 11.1. The van der Waals surface area contributed by atoms with Gasteiger partial charge in [-0.2, -0.15) is 5.10 Å². The summed E-state index contributed by atoms with van der Waals surface area (Å²) in [5, 5.41) is 5.00. The number of nitrogens with one attached hydrogen (secondary N) is 1. The third-order valence-electron chi connectivity index (χ3n) is 3.75. The van der Waals surface area contributed by atoms with Gasteiger partial charge in [0.15, 0.2) is 0 Å². The maximum absolute atomic E-state index is 6.25. The Morgan fingerprint density at radius 2 is 2.39 bits per heavy atom. The van der Waals surface area contributed by atoms with Crippen LogP contribution in [0.5, 0.6) is 0 Å². The second kappa shape index (κ2) is 5.57. The number of hydrogen-bond donors (Lipinski definition) is 2. The predicted octanol–water partition coefficient (Wildman–Crippen LogP) is 1.18. The average Bonchev–Trinajstić information content (AvgIpc) is 2.84. The van der Waals surface area contributed by atoms with E-state index in [-0.39, 0.29) is 12.1 Å². The van der Waals surface area contributed by atoms with Crippen molar-refractivity contribution in [2.75, 3.05) is 6.61 Å². The normalized spacial score (nSPS) is 25.6. The fraction of sp³-hybridized carbons (Fsp3) is 0.750. The lowest BCUT2D eigenvalue weighted by atomic mass is 9.93. The van der Waals surface area contributed by atoms with Crippen molar-refractivity contribution in [3.05, 3.63) is 16.4 Å². The van der Waals surface area contributed by atoms with Crippen molar-refractivity contribution in [3.63, 3.8) is 0 Å². The highest BCUT2D eigenvalue weighted by molar-refractivity contribution is 6.30. The van der Waals surface area contributed by atoms with Gasteiger partial charge in [0.25, 0.3) is 0 Å². The summed E-state index contributed by atoms with van der Waals surface area (Å²) in [6, 6.07) is 0.0721. The average molecular weight is 273 g/mol. The van der Waals surface area contributed by atoms with Gasteiger partial charge in [0.2, 0.25) is 0 Å². The molecule has 0 radical (unpaired) electrons. The molecule has 0 aliphatic carbocycles. The molecule has 6 heteroatoms. The number of ether oxygens (including phenoxy) is 1. The first-order valence-corrected chi connectivity index (χ1v) is 6.68. The van der Waals surface area contributed by atoms with Gasteiger partial charge in [0.1, 0.15) is 5.15 Å². The molecule has 0 aromatic carbocycles. The Kier molecular flexibility index (Phi) is 4.27. The first kappa shape index (κ1) is 13.8. The summed E-state index contributed by atoms with van der Waals surface area (Å²) in [6.45, 7) is 4.97. The molecular weight excluding hydrogens is 252 g/mol. The zero-order chi connectivity index (χ0) is 13.3. The van der Waals surface area contributed by atoms with Gasteiger partial charge in [-0.25, -0.2) is 0 Å². The molecule has 5 nitrogen and oxygen atoms in total. The van der Waals surface area contributed by atoms with E-state index in [0.29, 0.717) is 11.1 Å². The van der Waals surface area contributed by atoms with Crippen LogP contribution in [0.3, 0.4) is 0 Å². The van der Waals surface area contributed by atoms with Gasteiger partial charge in [-0.1, -0.05) is 18.5 Å². The first-order chi connectivity index (χ1) is 8.54. The fourth-order valence-corrected chi connectivity index (χ4v) is 2.88. The highest BCUT2D eigenvalue weighted by atomic mass is 35.5. The Balaban J connectivity index is 2.15. The SMILES string of the molecule is Cc1nn(C)c(Cl)c1CC(NN)C1OCCC1C. The summed E-state index contributed by atoms with van der Waals surface area (Å²) >= 11 is 6.25. The van der Waals surface area contributed by atoms with Crippen molar-refractivity contribution in [2.24, 2.45) is 18.8 Å². The van der Waals surface area contributed by atoms with Crippen LogP contribution in [0.1, 0.15) is 24.6 Å². The minimum absolute atomic E-state index is 0.0721. The molecule has 3 unspecified atom stereocenters. The fourth-order valence-electron chi connectivity index (χ4n) is 2.63. The number of aromatic nitrogens is 2. The van der Waals surface area contributed by atoms with E-state index in [1.54, 1.807) is 4.68 Å². The smallest absolute Gasteiger partial charge is 0.130 e. The van der Waals surface area contributed by atoms with Gasteiger partial charge in [-0.3, -0.25) is 16.0 Å². The maximum atomic E-state index is 6.25. The molecule has 102 valence electrons. The Morgan fingerprint density at radius 3 is 2.83 bits per heavy atom. The quantitative estimate of drug-likeness (QED) is 0.638. The Hall–Kier alpha value is -0.620. The van der Waals surface area contributed by atoms with Gasteiger partial charge in [0, 0.05) is 19.2 Å². The topological polar surface area (TPSA) is 65.1 Å². The first-order valence-electron chi connectivity index (χ1n) is 6.30. The highest BCUT2D eigenvalue weighted by Gasteiger charge is 2.32. The van der Waals surface area contributed by atoms with Crippen LogP contribution in [0.15, 0.2) is 0 Å². The molecule has 0 bridgehead atoms. The zero-order valence-corrected chi connectivity index (χ0v) is 11.9. The maximum Gasteiger partial charge on any atom is 0.130 e.